The van der Waals surface area contributed by atoms with Gasteiger partial charge in [0.1, 0.15) is 5.82 Å². The van der Waals surface area contributed by atoms with E-state index in [2.05, 4.69) is 4.98 Å². The molecule has 0 saturated heterocycles. The van der Waals surface area contributed by atoms with Crippen molar-refractivity contribution in [2.45, 2.75) is 26.4 Å². The third kappa shape index (κ3) is 3.38. The molecular weight excluding hydrogens is 395 g/mol. The molecule has 0 aliphatic carbocycles. The maximum absolute atomic E-state index is 13.4. The Morgan fingerprint density at radius 2 is 1.83 bits per heavy atom. The predicted octanol–water partition coefficient (Wildman–Crippen LogP) is 3.77. The summed E-state index contributed by atoms with van der Waals surface area (Å²) in [5.74, 6) is -0.415. The molecule has 2 aromatic heterocycles. The Kier molecular flexibility index (Phi) is 4.84. The molecule has 0 aliphatic heterocycles. The summed E-state index contributed by atoms with van der Waals surface area (Å²) in [6.07, 6.45) is 1.52. The summed E-state index contributed by atoms with van der Waals surface area (Å²) >= 11 is 6.07. The average Bonchev–Trinajstić information content (AvgIpc) is 3.06. The minimum absolute atomic E-state index is 0.227. The quantitative estimate of drug-likeness (QED) is 0.512. The van der Waals surface area contributed by atoms with Gasteiger partial charge >= 0.3 is 5.69 Å². The lowest BCUT2D eigenvalue weighted by Crippen LogP contribution is -2.41. The van der Waals surface area contributed by atoms with E-state index >= 15 is 0 Å². The van der Waals surface area contributed by atoms with Crippen molar-refractivity contribution in [3.63, 3.8) is 0 Å². The Bertz CT molecular complexity index is 1320. The van der Waals surface area contributed by atoms with Gasteiger partial charge in [-0.2, -0.15) is 0 Å². The fraction of sp³-hybridized carbons (Fsp3) is 0.190. The van der Waals surface area contributed by atoms with Crippen LogP contribution < -0.4 is 11.2 Å². The molecule has 148 valence electrons. The molecule has 0 saturated carbocycles. The van der Waals surface area contributed by atoms with Crippen molar-refractivity contribution in [2.24, 2.45) is 0 Å². The molecule has 6 nitrogen and oxygen atoms in total. The Balaban J connectivity index is 2.01. The van der Waals surface area contributed by atoms with Crippen LogP contribution in [0, 0.1) is 5.82 Å². The molecule has 2 heterocycles. The van der Waals surface area contributed by atoms with Crippen LogP contribution in [0.3, 0.4) is 0 Å². The number of aromatic nitrogens is 4. The fourth-order valence-corrected chi connectivity index (χ4v) is 3.60. The normalized spacial score (nSPS) is 11.5. The van der Waals surface area contributed by atoms with Crippen LogP contribution in [0.4, 0.5) is 4.39 Å². The number of benzene rings is 2. The van der Waals surface area contributed by atoms with E-state index in [-0.39, 0.29) is 11.7 Å². The molecule has 0 atom stereocenters. The minimum Gasteiger partial charge on any atom is -0.320 e. The zero-order valence-corrected chi connectivity index (χ0v) is 16.6. The number of fused-ring (bicyclic) bond motifs is 1. The van der Waals surface area contributed by atoms with Crippen LogP contribution in [-0.2, 0) is 6.54 Å². The van der Waals surface area contributed by atoms with Crippen molar-refractivity contribution in [1.29, 1.82) is 0 Å². The van der Waals surface area contributed by atoms with E-state index in [0.29, 0.717) is 22.8 Å². The van der Waals surface area contributed by atoms with Crippen LogP contribution in [0.1, 0.15) is 25.5 Å². The van der Waals surface area contributed by atoms with Crippen molar-refractivity contribution < 1.29 is 4.39 Å². The van der Waals surface area contributed by atoms with Crippen LogP contribution in [0.2, 0.25) is 5.02 Å². The predicted molar refractivity (Wildman–Crippen MR) is 110 cm³/mol. The number of hydrogen-bond donors (Lipinski definition) is 0. The zero-order valence-electron chi connectivity index (χ0n) is 15.8. The summed E-state index contributed by atoms with van der Waals surface area (Å²) in [5.41, 5.74) is 0.916. The Labute approximate surface area is 170 Å². The van der Waals surface area contributed by atoms with E-state index in [4.69, 9.17) is 11.6 Å². The molecule has 8 heteroatoms. The molecule has 0 radical (unpaired) electrons. The van der Waals surface area contributed by atoms with Gasteiger partial charge in [-0.3, -0.25) is 9.36 Å². The van der Waals surface area contributed by atoms with Gasteiger partial charge in [0.15, 0.2) is 11.2 Å². The first-order chi connectivity index (χ1) is 13.9. The Morgan fingerprint density at radius 1 is 1.10 bits per heavy atom. The van der Waals surface area contributed by atoms with E-state index in [9.17, 15) is 14.0 Å². The molecule has 4 aromatic rings. The number of halogens is 2. The van der Waals surface area contributed by atoms with Gasteiger partial charge in [0.25, 0.3) is 5.56 Å². The molecule has 0 amide bonds. The molecule has 29 heavy (non-hydrogen) atoms. The van der Waals surface area contributed by atoms with E-state index in [1.807, 2.05) is 18.2 Å². The number of rotatable bonds is 4. The highest BCUT2D eigenvalue weighted by molar-refractivity contribution is 6.30. The summed E-state index contributed by atoms with van der Waals surface area (Å²) in [6.45, 7) is 3.90. The second kappa shape index (κ2) is 7.33. The van der Waals surface area contributed by atoms with Crippen LogP contribution >= 0.6 is 11.6 Å². The highest BCUT2D eigenvalue weighted by Crippen LogP contribution is 2.17. The minimum atomic E-state index is -0.517. The molecule has 0 unspecified atom stereocenters. The molecule has 0 bridgehead atoms. The highest BCUT2D eigenvalue weighted by Gasteiger charge is 2.20. The lowest BCUT2D eigenvalue weighted by molar-refractivity contribution is 0.538. The molecule has 2 aromatic carbocycles. The van der Waals surface area contributed by atoms with Gasteiger partial charge in [0.2, 0.25) is 0 Å². The number of imidazole rings is 1. The molecule has 0 aliphatic rings. The largest absolute Gasteiger partial charge is 0.337 e. The molecule has 0 spiro atoms. The zero-order chi connectivity index (χ0) is 20.7. The average molecular weight is 413 g/mol. The maximum Gasteiger partial charge on any atom is 0.337 e. The van der Waals surface area contributed by atoms with Crippen molar-refractivity contribution in [2.75, 3.05) is 0 Å². The summed E-state index contributed by atoms with van der Waals surface area (Å²) in [4.78, 5) is 30.6. The molecule has 4 rings (SSSR count). The Hall–Kier alpha value is -3.19. The van der Waals surface area contributed by atoms with E-state index in [1.54, 1.807) is 24.5 Å². The first-order valence-corrected chi connectivity index (χ1v) is 9.47. The summed E-state index contributed by atoms with van der Waals surface area (Å²) < 4.78 is 17.6. The van der Waals surface area contributed by atoms with Crippen molar-refractivity contribution in [3.05, 3.63) is 92.1 Å². The Morgan fingerprint density at radius 3 is 2.48 bits per heavy atom. The third-order valence-corrected chi connectivity index (χ3v) is 4.93. The summed E-state index contributed by atoms with van der Waals surface area (Å²) in [6, 6.07) is 12.5. The van der Waals surface area contributed by atoms with Crippen molar-refractivity contribution in [1.82, 2.24) is 18.7 Å². The summed E-state index contributed by atoms with van der Waals surface area (Å²) in [7, 11) is 0. The lowest BCUT2D eigenvalue weighted by atomic mass is 10.2. The van der Waals surface area contributed by atoms with Crippen LogP contribution in [0.25, 0.3) is 16.9 Å². The molecular formula is C21H18ClFN4O2. The van der Waals surface area contributed by atoms with E-state index in [0.717, 1.165) is 5.56 Å². The van der Waals surface area contributed by atoms with E-state index in [1.165, 1.54) is 39.7 Å². The van der Waals surface area contributed by atoms with Crippen molar-refractivity contribution in [3.8, 4) is 5.69 Å². The second-order valence-electron chi connectivity index (χ2n) is 7.04. The number of hydrogen-bond acceptors (Lipinski definition) is 3. The third-order valence-electron chi connectivity index (χ3n) is 4.69. The SMILES string of the molecule is CC(C)n1c(=O)c2c(ncn2Cc2cccc(Cl)c2)n(-c2ccc(F)cc2)c1=O. The smallest absolute Gasteiger partial charge is 0.320 e. The van der Waals surface area contributed by atoms with Crippen LogP contribution in [-0.4, -0.2) is 18.7 Å². The van der Waals surface area contributed by atoms with Crippen LogP contribution in [0.15, 0.2) is 64.4 Å². The fourth-order valence-electron chi connectivity index (χ4n) is 3.38. The first-order valence-electron chi connectivity index (χ1n) is 9.09. The topological polar surface area (TPSA) is 61.8 Å². The van der Waals surface area contributed by atoms with Gasteiger partial charge in [0, 0.05) is 17.6 Å². The van der Waals surface area contributed by atoms with Gasteiger partial charge in [-0.05, 0) is 55.8 Å². The van der Waals surface area contributed by atoms with Gasteiger partial charge < -0.3 is 4.57 Å². The lowest BCUT2D eigenvalue weighted by Gasteiger charge is -2.15. The highest BCUT2D eigenvalue weighted by atomic mass is 35.5. The summed E-state index contributed by atoms with van der Waals surface area (Å²) in [5, 5.41) is 0.592. The van der Waals surface area contributed by atoms with Gasteiger partial charge in [-0.1, -0.05) is 23.7 Å². The maximum atomic E-state index is 13.4. The molecule has 0 fully saturated rings. The van der Waals surface area contributed by atoms with Crippen molar-refractivity contribution >= 4 is 22.8 Å². The first kappa shape index (κ1) is 19.1. The van der Waals surface area contributed by atoms with E-state index < -0.39 is 17.1 Å². The van der Waals surface area contributed by atoms with Crippen LogP contribution in [0.5, 0.6) is 0 Å². The van der Waals surface area contributed by atoms with Gasteiger partial charge in [-0.25, -0.2) is 18.7 Å². The second-order valence-corrected chi connectivity index (χ2v) is 7.47. The number of nitrogens with zero attached hydrogens (tertiary/aromatic N) is 4. The standard InChI is InChI=1S/C21H18ClFN4O2/c1-13(2)26-20(28)18-19(27(21(26)29)17-8-6-16(23)7-9-17)24-12-25(18)11-14-4-3-5-15(22)10-14/h3-10,12-13H,11H2,1-2H3. The monoisotopic (exact) mass is 412 g/mol. The van der Waals surface area contributed by atoms with Gasteiger partial charge in [0.05, 0.1) is 12.0 Å². The molecule has 0 N–H and O–H groups in total. The van der Waals surface area contributed by atoms with Gasteiger partial charge in [-0.15, -0.1) is 0 Å².